The highest BCUT2D eigenvalue weighted by Crippen LogP contribution is 2.47. The maximum absolute atomic E-state index is 11.5. The average Bonchev–Trinajstić information content (AvgIpc) is 2.41. The molecule has 2 heterocycles. The first kappa shape index (κ1) is 24.1. The molecule has 0 aromatic heterocycles. The zero-order chi connectivity index (χ0) is 23.1. The van der Waals surface area contributed by atoms with Gasteiger partial charge in [0.2, 0.25) is 0 Å². The number of carbonyl (C=O) groups is 2. The Morgan fingerprint density at radius 1 is 0.806 bits per heavy atom. The third-order valence-electron chi connectivity index (χ3n) is 6.37. The number of likely N-dealkylation sites (tertiary alicyclic amines) is 1. The fourth-order valence-corrected chi connectivity index (χ4v) is 5.25. The second kappa shape index (κ2) is 8.43. The van der Waals surface area contributed by atoms with E-state index in [1.165, 1.54) is 13.1 Å². The standard InChI is InChI=1S/C12H22N2O2.C11H20N2O2/c1-11(2,3)16-10(15)13-9-5-12(6-9)7-14(4)8-12;1-10(2,3)15-9(14)13-8-4-11(5-8)6-12-7-11/h9H,5-8H2,1-4H3,(H,13,15);8,12H,4-7H2,1-3H3,(H,13,14). The summed E-state index contributed by atoms with van der Waals surface area (Å²) in [5, 5.41) is 9.11. The summed E-state index contributed by atoms with van der Waals surface area (Å²) in [6, 6.07) is 0.644. The summed E-state index contributed by atoms with van der Waals surface area (Å²) in [4.78, 5) is 25.3. The molecule has 0 unspecified atom stereocenters. The predicted octanol–water partition coefficient (Wildman–Crippen LogP) is 2.87. The van der Waals surface area contributed by atoms with E-state index in [1.807, 2.05) is 41.5 Å². The minimum Gasteiger partial charge on any atom is -0.444 e. The molecule has 0 atom stereocenters. The summed E-state index contributed by atoms with van der Waals surface area (Å²) in [5.41, 5.74) is 0.208. The van der Waals surface area contributed by atoms with Gasteiger partial charge < -0.3 is 30.3 Å². The van der Waals surface area contributed by atoms with E-state index < -0.39 is 11.2 Å². The van der Waals surface area contributed by atoms with Gasteiger partial charge in [0.1, 0.15) is 11.2 Å². The third kappa shape index (κ3) is 6.72. The Labute approximate surface area is 187 Å². The quantitative estimate of drug-likeness (QED) is 0.614. The van der Waals surface area contributed by atoms with E-state index in [0.717, 1.165) is 38.8 Å². The van der Waals surface area contributed by atoms with Crippen LogP contribution in [0, 0.1) is 10.8 Å². The van der Waals surface area contributed by atoms with Crippen LogP contribution < -0.4 is 16.0 Å². The molecule has 2 saturated carbocycles. The summed E-state index contributed by atoms with van der Waals surface area (Å²) in [5.74, 6) is 0. The monoisotopic (exact) mass is 438 g/mol. The van der Waals surface area contributed by atoms with Crippen molar-refractivity contribution in [3.8, 4) is 0 Å². The first-order chi connectivity index (χ1) is 14.2. The van der Waals surface area contributed by atoms with Crippen LogP contribution in [0.15, 0.2) is 0 Å². The topological polar surface area (TPSA) is 91.9 Å². The van der Waals surface area contributed by atoms with E-state index in [0.29, 0.717) is 22.9 Å². The molecule has 0 radical (unpaired) electrons. The molecule has 4 rings (SSSR count). The van der Waals surface area contributed by atoms with Gasteiger partial charge in [0, 0.05) is 38.3 Å². The Kier molecular flexibility index (Phi) is 6.55. The van der Waals surface area contributed by atoms with E-state index in [2.05, 4.69) is 27.9 Å². The first-order valence-electron chi connectivity index (χ1n) is 11.6. The summed E-state index contributed by atoms with van der Waals surface area (Å²) < 4.78 is 10.4. The van der Waals surface area contributed by atoms with Crippen LogP contribution in [0.4, 0.5) is 9.59 Å². The van der Waals surface area contributed by atoms with Gasteiger partial charge in [-0.3, -0.25) is 0 Å². The molecule has 31 heavy (non-hydrogen) atoms. The number of rotatable bonds is 2. The van der Waals surface area contributed by atoms with Crippen molar-refractivity contribution in [2.24, 2.45) is 10.8 Å². The summed E-state index contributed by atoms with van der Waals surface area (Å²) in [6.45, 7) is 15.9. The molecule has 8 nitrogen and oxygen atoms in total. The highest BCUT2D eigenvalue weighted by atomic mass is 16.6. The molecule has 0 aromatic rings. The molecule has 2 saturated heterocycles. The molecular weight excluding hydrogens is 396 g/mol. The Morgan fingerprint density at radius 3 is 1.48 bits per heavy atom. The molecular formula is C23H42N4O4. The molecule has 2 amide bonds. The number of nitrogens with zero attached hydrogens (tertiary/aromatic N) is 1. The maximum atomic E-state index is 11.5. The highest BCUT2D eigenvalue weighted by Gasteiger charge is 2.51. The van der Waals surface area contributed by atoms with Gasteiger partial charge in [0.05, 0.1) is 0 Å². The van der Waals surface area contributed by atoms with Crippen LogP contribution in [0.3, 0.4) is 0 Å². The van der Waals surface area contributed by atoms with Gasteiger partial charge in [-0.25, -0.2) is 9.59 Å². The lowest BCUT2D eigenvalue weighted by molar-refractivity contribution is -0.0655. The van der Waals surface area contributed by atoms with Gasteiger partial charge in [-0.15, -0.1) is 0 Å². The molecule has 2 aliphatic carbocycles. The fraction of sp³-hybridized carbons (Fsp3) is 0.913. The minimum absolute atomic E-state index is 0.278. The molecule has 178 valence electrons. The van der Waals surface area contributed by atoms with Gasteiger partial charge in [0.25, 0.3) is 0 Å². The van der Waals surface area contributed by atoms with Crippen molar-refractivity contribution in [2.75, 3.05) is 33.2 Å². The molecule has 0 bridgehead atoms. The number of hydrogen-bond acceptors (Lipinski definition) is 6. The summed E-state index contributed by atoms with van der Waals surface area (Å²) in [7, 11) is 2.14. The lowest BCUT2D eigenvalue weighted by Gasteiger charge is -2.58. The SMILES string of the molecule is CC(C)(C)OC(=O)NC1CC2(CNC2)C1.CN1CC2(CC(NC(=O)OC(C)(C)C)C2)C1. The van der Waals surface area contributed by atoms with Crippen LogP contribution >= 0.6 is 0 Å². The zero-order valence-electron chi connectivity index (χ0n) is 20.4. The van der Waals surface area contributed by atoms with Gasteiger partial charge >= 0.3 is 12.2 Å². The number of hydrogen-bond donors (Lipinski definition) is 3. The first-order valence-corrected chi connectivity index (χ1v) is 11.6. The van der Waals surface area contributed by atoms with E-state index in [4.69, 9.17) is 9.47 Å². The van der Waals surface area contributed by atoms with Gasteiger partial charge in [-0.05, 0) is 85.1 Å². The Balaban J connectivity index is 0.000000176. The van der Waals surface area contributed by atoms with E-state index in [-0.39, 0.29) is 12.2 Å². The van der Waals surface area contributed by atoms with Crippen molar-refractivity contribution < 1.29 is 19.1 Å². The number of amides is 2. The molecule has 4 fully saturated rings. The number of alkyl carbamates (subject to hydrolysis) is 2. The molecule has 4 aliphatic rings. The zero-order valence-corrected chi connectivity index (χ0v) is 20.4. The van der Waals surface area contributed by atoms with Crippen molar-refractivity contribution in [1.82, 2.24) is 20.9 Å². The fourth-order valence-electron chi connectivity index (χ4n) is 5.25. The molecule has 3 N–H and O–H groups in total. The normalized spacial score (nSPS) is 24.5. The molecule has 2 spiro atoms. The minimum atomic E-state index is -0.401. The van der Waals surface area contributed by atoms with Crippen molar-refractivity contribution in [2.45, 2.75) is 90.5 Å². The van der Waals surface area contributed by atoms with Crippen LogP contribution in [-0.2, 0) is 9.47 Å². The third-order valence-corrected chi connectivity index (χ3v) is 6.37. The number of ether oxygens (including phenoxy) is 2. The van der Waals surface area contributed by atoms with Crippen LogP contribution in [-0.4, -0.2) is 73.6 Å². The smallest absolute Gasteiger partial charge is 0.407 e. The number of carbonyl (C=O) groups excluding carboxylic acids is 2. The second-order valence-electron chi connectivity index (χ2n) is 12.3. The number of nitrogens with one attached hydrogen (secondary N) is 3. The average molecular weight is 439 g/mol. The van der Waals surface area contributed by atoms with Crippen molar-refractivity contribution in [3.63, 3.8) is 0 Å². The molecule has 0 aromatic carbocycles. The van der Waals surface area contributed by atoms with Gasteiger partial charge in [-0.2, -0.15) is 0 Å². The van der Waals surface area contributed by atoms with Crippen molar-refractivity contribution in [3.05, 3.63) is 0 Å². The van der Waals surface area contributed by atoms with Crippen molar-refractivity contribution >= 4 is 12.2 Å². The predicted molar refractivity (Wildman–Crippen MR) is 120 cm³/mol. The van der Waals surface area contributed by atoms with Crippen molar-refractivity contribution in [1.29, 1.82) is 0 Å². The van der Waals surface area contributed by atoms with Crippen LogP contribution in [0.5, 0.6) is 0 Å². The van der Waals surface area contributed by atoms with Crippen LogP contribution in [0.2, 0.25) is 0 Å². The van der Waals surface area contributed by atoms with Crippen LogP contribution in [0.25, 0.3) is 0 Å². The van der Waals surface area contributed by atoms with E-state index in [1.54, 1.807) is 0 Å². The highest BCUT2D eigenvalue weighted by molar-refractivity contribution is 5.68. The maximum Gasteiger partial charge on any atom is 0.407 e. The Morgan fingerprint density at radius 2 is 1.19 bits per heavy atom. The van der Waals surface area contributed by atoms with E-state index in [9.17, 15) is 9.59 Å². The van der Waals surface area contributed by atoms with Gasteiger partial charge in [0.15, 0.2) is 0 Å². The van der Waals surface area contributed by atoms with E-state index >= 15 is 0 Å². The molecule has 8 heteroatoms. The lowest BCUT2D eigenvalue weighted by Crippen LogP contribution is -2.65. The second-order valence-corrected chi connectivity index (χ2v) is 12.3. The molecule has 2 aliphatic heterocycles. The summed E-state index contributed by atoms with van der Waals surface area (Å²) >= 11 is 0. The Hall–Kier alpha value is -1.54. The largest absolute Gasteiger partial charge is 0.444 e. The summed E-state index contributed by atoms with van der Waals surface area (Å²) in [6.07, 6.45) is 3.85. The lowest BCUT2D eigenvalue weighted by atomic mass is 9.61. The Bertz CT molecular complexity index is 656. The van der Waals surface area contributed by atoms with Crippen LogP contribution in [0.1, 0.15) is 67.2 Å². The van der Waals surface area contributed by atoms with Gasteiger partial charge in [-0.1, -0.05) is 0 Å².